The van der Waals surface area contributed by atoms with E-state index in [0.29, 0.717) is 12.1 Å². The van der Waals surface area contributed by atoms with Crippen LogP contribution in [-0.2, 0) is 30.5 Å². The smallest absolute Gasteiger partial charge is 0.209 e. The monoisotopic (exact) mass is 506 g/mol. The van der Waals surface area contributed by atoms with Crippen molar-refractivity contribution >= 4 is 19.7 Å². The first-order valence-corrected chi connectivity index (χ1v) is 13.6. The van der Waals surface area contributed by atoms with Crippen LogP contribution in [0.2, 0.25) is 0 Å². The second kappa shape index (κ2) is 8.57. The van der Waals surface area contributed by atoms with E-state index in [1.165, 1.54) is 24.3 Å². The van der Waals surface area contributed by atoms with Gasteiger partial charge in [-0.2, -0.15) is 0 Å². The number of halogens is 2. The summed E-state index contributed by atoms with van der Waals surface area (Å²) in [4.78, 5) is -2.27. The van der Waals surface area contributed by atoms with Gasteiger partial charge in [-0.3, -0.25) is 0 Å². The summed E-state index contributed by atoms with van der Waals surface area (Å²) in [6, 6.07) is 12.6. The van der Waals surface area contributed by atoms with Gasteiger partial charge in [-0.25, -0.2) is 25.6 Å². The van der Waals surface area contributed by atoms with Crippen molar-refractivity contribution in [1.29, 1.82) is 0 Å². The average molecular weight is 507 g/mol. The Labute approximate surface area is 200 Å². The van der Waals surface area contributed by atoms with E-state index in [4.69, 9.17) is 0 Å². The third-order valence-electron chi connectivity index (χ3n) is 5.63. The molecule has 0 saturated heterocycles. The van der Waals surface area contributed by atoms with Crippen LogP contribution in [0.1, 0.15) is 52.7 Å². The van der Waals surface area contributed by atoms with Gasteiger partial charge < -0.3 is 0 Å². The minimum Gasteiger partial charge on any atom is -0.218 e. The van der Waals surface area contributed by atoms with E-state index in [-0.39, 0.29) is 20.6 Å². The van der Waals surface area contributed by atoms with Gasteiger partial charge in [0.05, 0.1) is 9.79 Å². The van der Waals surface area contributed by atoms with E-state index < -0.39 is 41.1 Å². The quantitative estimate of drug-likeness (QED) is 0.421. The van der Waals surface area contributed by atoms with Crippen LogP contribution in [0.15, 0.2) is 80.2 Å². The fourth-order valence-corrected chi connectivity index (χ4v) is 6.09. The van der Waals surface area contributed by atoms with E-state index in [1.54, 1.807) is 24.3 Å². The van der Waals surface area contributed by atoms with Gasteiger partial charge in [-0.05, 0) is 58.4 Å². The summed E-state index contributed by atoms with van der Waals surface area (Å²) in [6.45, 7) is 11.8. The molecule has 0 fully saturated rings. The van der Waals surface area contributed by atoms with E-state index >= 15 is 0 Å². The van der Waals surface area contributed by atoms with Crippen LogP contribution in [0.5, 0.6) is 0 Å². The van der Waals surface area contributed by atoms with Crippen molar-refractivity contribution in [1.82, 2.24) is 0 Å². The summed E-state index contributed by atoms with van der Waals surface area (Å²) in [5, 5.41) is 0. The van der Waals surface area contributed by atoms with Crippen molar-refractivity contribution in [3.63, 3.8) is 0 Å². The minimum atomic E-state index is -4.41. The maximum Gasteiger partial charge on any atom is 0.209 e. The van der Waals surface area contributed by atoms with Crippen molar-refractivity contribution in [3.8, 4) is 0 Å². The highest BCUT2D eigenvalue weighted by Gasteiger charge is 2.29. The molecule has 3 aromatic carbocycles. The van der Waals surface area contributed by atoms with Gasteiger partial charge in [0, 0.05) is 0 Å². The largest absolute Gasteiger partial charge is 0.218 e. The maximum absolute atomic E-state index is 14.9. The number of rotatable bonds is 4. The van der Waals surface area contributed by atoms with Crippen LogP contribution in [0.25, 0.3) is 0 Å². The molecule has 0 atom stereocenters. The second-order valence-electron chi connectivity index (χ2n) is 10.3. The zero-order valence-corrected chi connectivity index (χ0v) is 21.6. The fourth-order valence-electron chi connectivity index (χ4n) is 3.44. The molecule has 182 valence electrons. The van der Waals surface area contributed by atoms with E-state index in [0.717, 1.165) is 11.1 Å². The highest BCUT2D eigenvalue weighted by atomic mass is 32.2. The Morgan fingerprint density at radius 1 is 0.529 bits per heavy atom. The molecule has 3 rings (SSSR count). The van der Waals surface area contributed by atoms with Gasteiger partial charge in [0.25, 0.3) is 0 Å². The molecule has 0 spiro atoms. The lowest BCUT2D eigenvalue weighted by Gasteiger charge is -2.19. The molecule has 0 saturated carbocycles. The average Bonchev–Trinajstić information content (AvgIpc) is 2.74. The molecule has 0 N–H and O–H groups in total. The molecule has 4 nitrogen and oxygen atoms in total. The summed E-state index contributed by atoms with van der Waals surface area (Å²) in [7, 11) is -8.83. The molecule has 0 aliphatic rings. The fraction of sp³-hybridized carbons (Fsp3) is 0.308. The van der Waals surface area contributed by atoms with Crippen LogP contribution < -0.4 is 0 Å². The predicted molar refractivity (Wildman–Crippen MR) is 128 cm³/mol. The summed E-state index contributed by atoms with van der Waals surface area (Å²) in [5.74, 6) is -2.68. The normalized spacial score (nSPS) is 13.2. The Balaban J connectivity index is 2.05. The van der Waals surface area contributed by atoms with Crippen LogP contribution >= 0.6 is 0 Å². The predicted octanol–water partition coefficient (Wildman–Crippen LogP) is 6.23. The van der Waals surface area contributed by atoms with Crippen LogP contribution in [0.3, 0.4) is 0 Å². The van der Waals surface area contributed by atoms with Crippen molar-refractivity contribution in [2.45, 2.75) is 72.0 Å². The van der Waals surface area contributed by atoms with E-state index in [1.807, 2.05) is 41.5 Å². The molecule has 0 heterocycles. The minimum absolute atomic E-state index is 0.216. The van der Waals surface area contributed by atoms with Crippen LogP contribution in [-0.4, -0.2) is 16.8 Å². The van der Waals surface area contributed by atoms with Gasteiger partial charge in [-0.15, -0.1) is 0 Å². The molecule has 0 bridgehead atoms. The highest BCUT2D eigenvalue weighted by Crippen LogP contribution is 2.32. The zero-order chi connectivity index (χ0) is 25.7. The molecule has 0 aromatic heterocycles. The molecule has 3 aromatic rings. The second-order valence-corrected chi connectivity index (χ2v) is 14.1. The third-order valence-corrected chi connectivity index (χ3v) is 9.20. The lowest BCUT2D eigenvalue weighted by Crippen LogP contribution is -2.13. The summed E-state index contributed by atoms with van der Waals surface area (Å²) >= 11 is 0. The van der Waals surface area contributed by atoms with Gasteiger partial charge >= 0.3 is 0 Å². The van der Waals surface area contributed by atoms with Crippen molar-refractivity contribution in [2.75, 3.05) is 0 Å². The first-order chi connectivity index (χ1) is 15.5. The molecule has 0 aliphatic carbocycles. The molecular weight excluding hydrogens is 478 g/mol. The SMILES string of the molecule is CC(C)(C)c1ccc(S(=O)(=O)c2cc(F)c(S(=O)(=O)c3ccc(C(C)(C)C)cc3)cc2F)cc1. The topological polar surface area (TPSA) is 68.3 Å². The molecule has 0 aliphatic heterocycles. The Bertz CT molecular complexity index is 1310. The molecule has 34 heavy (non-hydrogen) atoms. The van der Waals surface area contributed by atoms with Crippen molar-refractivity contribution in [2.24, 2.45) is 0 Å². The summed E-state index contributed by atoms with van der Waals surface area (Å²) in [5.41, 5.74) is 1.30. The number of hydrogen-bond acceptors (Lipinski definition) is 4. The van der Waals surface area contributed by atoms with Crippen LogP contribution in [0.4, 0.5) is 8.78 Å². The standard InChI is InChI=1S/C26H28F2O4S2/c1-25(2,3)17-7-11-19(12-8-17)33(29,30)23-15-22(28)24(16-21(23)27)34(31,32)20-13-9-18(10-14-20)26(4,5)6/h7-16H,1-6H3. The Hall–Kier alpha value is -2.58. The lowest BCUT2D eigenvalue weighted by molar-refractivity contribution is 0.529. The molecular formula is C26H28F2O4S2. The zero-order valence-electron chi connectivity index (χ0n) is 20.0. The first kappa shape index (κ1) is 26.0. The lowest BCUT2D eigenvalue weighted by atomic mass is 9.87. The Kier molecular flexibility index (Phi) is 6.56. The number of benzene rings is 3. The van der Waals surface area contributed by atoms with Crippen molar-refractivity contribution in [3.05, 3.63) is 83.4 Å². The summed E-state index contributed by atoms with van der Waals surface area (Å²) < 4.78 is 81.8. The van der Waals surface area contributed by atoms with Gasteiger partial charge in [-0.1, -0.05) is 65.8 Å². The van der Waals surface area contributed by atoms with Gasteiger partial charge in [0.15, 0.2) is 0 Å². The highest BCUT2D eigenvalue weighted by molar-refractivity contribution is 7.92. The molecule has 0 amide bonds. The first-order valence-electron chi connectivity index (χ1n) is 10.7. The molecule has 0 radical (unpaired) electrons. The van der Waals surface area contributed by atoms with Crippen molar-refractivity contribution < 1.29 is 25.6 Å². The van der Waals surface area contributed by atoms with E-state index in [9.17, 15) is 25.6 Å². The third kappa shape index (κ3) is 4.93. The molecule has 0 unspecified atom stereocenters. The number of sulfone groups is 2. The Morgan fingerprint density at radius 3 is 1.03 bits per heavy atom. The maximum atomic E-state index is 14.9. The van der Waals surface area contributed by atoms with Gasteiger partial charge in [0.1, 0.15) is 21.4 Å². The number of hydrogen-bond donors (Lipinski definition) is 0. The molecule has 8 heteroatoms. The van der Waals surface area contributed by atoms with E-state index in [2.05, 4.69) is 0 Å². The Morgan fingerprint density at radius 2 is 0.794 bits per heavy atom. The van der Waals surface area contributed by atoms with Gasteiger partial charge in [0.2, 0.25) is 19.7 Å². The summed E-state index contributed by atoms with van der Waals surface area (Å²) in [6.07, 6.45) is 0. The van der Waals surface area contributed by atoms with Crippen LogP contribution in [0, 0.1) is 11.6 Å².